The molecule has 0 spiro atoms. The first kappa shape index (κ1) is 12.1. The molecule has 2 rings (SSSR count). The second kappa shape index (κ2) is 4.51. The molecule has 0 atom stereocenters. The Morgan fingerprint density at radius 2 is 2.06 bits per heavy atom. The lowest BCUT2D eigenvalue weighted by molar-refractivity contribution is -0.135. The molecule has 94 valence electrons. The minimum atomic E-state index is 0.0732. The molecule has 1 aliphatic heterocycles. The molecule has 17 heavy (non-hydrogen) atoms. The second-order valence-electron chi connectivity index (χ2n) is 5.39. The molecular formula is C13H21N3O. The van der Waals surface area contributed by atoms with E-state index in [1.165, 1.54) is 5.56 Å². The summed E-state index contributed by atoms with van der Waals surface area (Å²) in [5.41, 5.74) is 3.61. The van der Waals surface area contributed by atoms with Crippen molar-refractivity contribution in [1.82, 2.24) is 15.1 Å². The van der Waals surface area contributed by atoms with Gasteiger partial charge >= 0.3 is 0 Å². The van der Waals surface area contributed by atoms with Gasteiger partial charge in [0.05, 0.1) is 17.9 Å². The largest absolute Gasteiger partial charge is 0.336 e. The van der Waals surface area contributed by atoms with Crippen molar-refractivity contribution in [1.29, 1.82) is 0 Å². The highest BCUT2D eigenvalue weighted by atomic mass is 16.2. The maximum atomic E-state index is 11.9. The summed E-state index contributed by atoms with van der Waals surface area (Å²) in [6, 6.07) is 0. The van der Waals surface area contributed by atoms with Gasteiger partial charge in [-0.05, 0) is 12.3 Å². The zero-order chi connectivity index (χ0) is 12.6. The third-order valence-corrected chi connectivity index (χ3v) is 3.32. The van der Waals surface area contributed by atoms with Gasteiger partial charge in [-0.15, -0.1) is 0 Å². The monoisotopic (exact) mass is 235 g/mol. The van der Waals surface area contributed by atoms with Crippen molar-refractivity contribution in [2.45, 2.75) is 46.6 Å². The summed E-state index contributed by atoms with van der Waals surface area (Å²) in [7, 11) is 0. The van der Waals surface area contributed by atoms with Crippen LogP contribution in [0.15, 0.2) is 0 Å². The van der Waals surface area contributed by atoms with E-state index in [2.05, 4.69) is 24.0 Å². The number of rotatable bonds is 2. The van der Waals surface area contributed by atoms with Crippen LogP contribution in [0, 0.1) is 5.92 Å². The van der Waals surface area contributed by atoms with E-state index < -0.39 is 0 Å². The molecule has 0 unspecified atom stereocenters. The average molecular weight is 235 g/mol. The molecule has 0 aromatic carbocycles. The normalized spacial score (nSPS) is 15.5. The molecule has 0 bridgehead atoms. The van der Waals surface area contributed by atoms with Crippen molar-refractivity contribution in [3.8, 4) is 0 Å². The number of hydrogen-bond acceptors (Lipinski definition) is 2. The maximum absolute atomic E-state index is 11.9. The number of nitrogens with one attached hydrogen (secondary N) is 1. The molecule has 4 nitrogen and oxygen atoms in total. The molecule has 0 saturated carbocycles. The summed E-state index contributed by atoms with van der Waals surface area (Å²) in [5, 5.41) is 7.46. The van der Waals surface area contributed by atoms with Crippen LogP contribution in [-0.4, -0.2) is 27.5 Å². The highest BCUT2D eigenvalue weighted by Gasteiger charge is 2.26. The molecular weight excluding hydrogens is 214 g/mol. The van der Waals surface area contributed by atoms with Crippen molar-refractivity contribution < 1.29 is 4.79 Å². The Bertz CT molecular complexity index is 420. The lowest BCUT2D eigenvalue weighted by Crippen LogP contribution is -2.38. The van der Waals surface area contributed by atoms with E-state index >= 15 is 0 Å². The Labute approximate surface area is 102 Å². The molecule has 1 amide bonds. The van der Waals surface area contributed by atoms with Gasteiger partial charge in [-0.3, -0.25) is 9.89 Å². The Hall–Kier alpha value is -1.32. The van der Waals surface area contributed by atoms with Gasteiger partial charge in [0.1, 0.15) is 0 Å². The second-order valence-corrected chi connectivity index (χ2v) is 5.39. The smallest absolute Gasteiger partial charge is 0.225 e. The maximum Gasteiger partial charge on any atom is 0.225 e. The highest BCUT2D eigenvalue weighted by Crippen LogP contribution is 2.25. The zero-order valence-electron chi connectivity index (χ0n) is 11.1. The van der Waals surface area contributed by atoms with E-state index in [9.17, 15) is 4.79 Å². The minimum absolute atomic E-state index is 0.0732. The molecule has 1 aromatic heterocycles. The molecule has 0 fully saturated rings. The van der Waals surface area contributed by atoms with Crippen LogP contribution in [0.25, 0.3) is 0 Å². The van der Waals surface area contributed by atoms with Gasteiger partial charge in [0.15, 0.2) is 0 Å². The van der Waals surface area contributed by atoms with Crippen molar-refractivity contribution in [2.24, 2.45) is 5.92 Å². The molecule has 1 aromatic rings. The van der Waals surface area contributed by atoms with E-state index in [0.717, 1.165) is 24.4 Å². The van der Waals surface area contributed by atoms with E-state index in [-0.39, 0.29) is 11.8 Å². The van der Waals surface area contributed by atoms with Crippen molar-refractivity contribution >= 4 is 5.91 Å². The van der Waals surface area contributed by atoms with Crippen LogP contribution in [-0.2, 0) is 17.8 Å². The number of aromatic amines is 1. The fourth-order valence-corrected chi connectivity index (χ4v) is 2.37. The fourth-order valence-electron chi connectivity index (χ4n) is 2.37. The number of nitrogens with zero attached hydrogens (tertiary/aromatic N) is 2. The average Bonchev–Trinajstić information content (AvgIpc) is 2.70. The van der Waals surface area contributed by atoms with Crippen LogP contribution in [0.4, 0.5) is 0 Å². The number of H-pyrrole nitrogens is 1. The van der Waals surface area contributed by atoms with Crippen LogP contribution in [0.1, 0.15) is 50.6 Å². The molecule has 4 heteroatoms. The number of fused-ring (bicyclic) bond motifs is 1. The Morgan fingerprint density at radius 3 is 2.65 bits per heavy atom. The molecule has 2 heterocycles. The van der Waals surface area contributed by atoms with Crippen LogP contribution >= 0.6 is 0 Å². The number of amides is 1. The number of hydrogen-bond donors (Lipinski definition) is 1. The Morgan fingerprint density at radius 1 is 1.35 bits per heavy atom. The van der Waals surface area contributed by atoms with E-state index in [1.54, 1.807) is 0 Å². The summed E-state index contributed by atoms with van der Waals surface area (Å²) in [6.07, 6.45) is 0.928. The van der Waals surface area contributed by atoms with Gasteiger partial charge < -0.3 is 4.90 Å². The van der Waals surface area contributed by atoms with Crippen LogP contribution in [0.5, 0.6) is 0 Å². The summed E-state index contributed by atoms with van der Waals surface area (Å²) in [6.45, 7) is 9.72. The lowest BCUT2D eigenvalue weighted by Gasteiger charge is -2.28. The topological polar surface area (TPSA) is 49.0 Å². The minimum Gasteiger partial charge on any atom is -0.336 e. The zero-order valence-corrected chi connectivity index (χ0v) is 11.1. The van der Waals surface area contributed by atoms with E-state index in [4.69, 9.17) is 0 Å². The standard InChI is InChI=1S/C13H21N3O/c1-8(2)12-10-5-6-16(13(17)9(3)4)7-11(10)14-15-12/h8-9H,5-7H2,1-4H3,(H,14,15). The number of carbonyl (C=O) groups excluding carboxylic acids is 1. The molecule has 1 aliphatic rings. The summed E-state index contributed by atoms with van der Waals surface area (Å²) in [5.74, 6) is 0.753. The van der Waals surface area contributed by atoms with Gasteiger partial charge in [-0.1, -0.05) is 27.7 Å². The molecule has 1 N–H and O–H groups in total. The van der Waals surface area contributed by atoms with Crippen LogP contribution < -0.4 is 0 Å². The van der Waals surface area contributed by atoms with Crippen LogP contribution in [0.3, 0.4) is 0 Å². The summed E-state index contributed by atoms with van der Waals surface area (Å²) >= 11 is 0. The molecule has 0 aliphatic carbocycles. The van der Waals surface area contributed by atoms with Gasteiger partial charge in [0.25, 0.3) is 0 Å². The van der Waals surface area contributed by atoms with Gasteiger partial charge in [0.2, 0.25) is 5.91 Å². The van der Waals surface area contributed by atoms with Crippen molar-refractivity contribution in [2.75, 3.05) is 6.54 Å². The van der Waals surface area contributed by atoms with E-state index in [1.807, 2.05) is 18.7 Å². The number of carbonyl (C=O) groups is 1. The predicted molar refractivity (Wildman–Crippen MR) is 66.6 cm³/mol. The third-order valence-electron chi connectivity index (χ3n) is 3.32. The SMILES string of the molecule is CC(C)C(=O)N1CCc2c(C(C)C)n[nH]c2C1. The first-order valence-corrected chi connectivity index (χ1v) is 6.35. The van der Waals surface area contributed by atoms with Crippen molar-refractivity contribution in [3.05, 3.63) is 17.0 Å². The van der Waals surface area contributed by atoms with Gasteiger partial charge in [-0.25, -0.2) is 0 Å². The van der Waals surface area contributed by atoms with Gasteiger partial charge in [-0.2, -0.15) is 5.10 Å². The first-order chi connectivity index (χ1) is 8.00. The third kappa shape index (κ3) is 2.21. The van der Waals surface area contributed by atoms with Crippen LogP contribution in [0.2, 0.25) is 0 Å². The van der Waals surface area contributed by atoms with Gasteiger partial charge in [0, 0.05) is 18.0 Å². The number of aromatic nitrogens is 2. The summed E-state index contributed by atoms with van der Waals surface area (Å²) < 4.78 is 0. The van der Waals surface area contributed by atoms with E-state index in [0.29, 0.717) is 12.5 Å². The lowest BCUT2D eigenvalue weighted by atomic mass is 9.98. The molecule has 0 radical (unpaired) electrons. The molecule has 0 saturated heterocycles. The quantitative estimate of drug-likeness (QED) is 0.853. The summed E-state index contributed by atoms with van der Waals surface area (Å²) in [4.78, 5) is 13.9. The Kier molecular flexibility index (Phi) is 3.22. The predicted octanol–water partition coefficient (Wildman–Crippen LogP) is 2.07. The fraction of sp³-hybridized carbons (Fsp3) is 0.692. The van der Waals surface area contributed by atoms with Crippen molar-refractivity contribution in [3.63, 3.8) is 0 Å². The highest BCUT2D eigenvalue weighted by molar-refractivity contribution is 5.78. The Balaban J connectivity index is 2.18. The first-order valence-electron chi connectivity index (χ1n) is 6.35.